The van der Waals surface area contributed by atoms with E-state index in [1.54, 1.807) is 14.2 Å². The van der Waals surface area contributed by atoms with Crippen LogP contribution in [0.2, 0.25) is 0 Å². The lowest BCUT2D eigenvalue weighted by Gasteiger charge is -2.26. The molecule has 3 aromatic rings. The molecule has 0 amide bonds. The van der Waals surface area contributed by atoms with Crippen molar-refractivity contribution >= 4 is 21.6 Å². The largest absolute Gasteiger partial charge is 0.497 e. The molecular formula is C23H21BrF3NO2. The Morgan fingerprint density at radius 2 is 1.23 bits per heavy atom. The zero-order chi connectivity index (χ0) is 21.7. The van der Waals surface area contributed by atoms with Gasteiger partial charge in [-0.1, -0.05) is 40.2 Å². The minimum Gasteiger partial charge on any atom is -0.497 e. The molecular weight excluding hydrogens is 459 g/mol. The van der Waals surface area contributed by atoms with Crippen molar-refractivity contribution in [3.05, 3.63) is 87.9 Å². The second-order valence-corrected chi connectivity index (χ2v) is 7.57. The van der Waals surface area contributed by atoms with Crippen LogP contribution >= 0.6 is 15.9 Å². The summed E-state index contributed by atoms with van der Waals surface area (Å²) in [7, 11) is 3.20. The highest BCUT2D eigenvalue weighted by molar-refractivity contribution is 9.10. The van der Waals surface area contributed by atoms with Gasteiger partial charge >= 0.3 is 6.18 Å². The Labute approximate surface area is 182 Å². The second-order valence-electron chi connectivity index (χ2n) is 6.71. The number of halogens is 4. The fourth-order valence-corrected chi connectivity index (χ4v) is 3.66. The van der Waals surface area contributed by atoms with Crippen molar-refractivity contribution < 1.29 is 22.6 Å². The summed E-state index contributed by atoms with van der Waals surface area (Å²) in [6.45, 7) is 1.04. The first-order chi connectivity index (χ1) is 14.3. The second kappa shape index (κ2) is 9.43. The fraction of sp³-hybridized carbons (Fsp3) is 0.217. The van der Waals surface area contributed by atoms with Crippen molar-refractivity contribution in [1.82, 2.24) is 0 Å². The molecule has 0 atom stereocenters. The van der Waals surface area contributed by atoms with Gasteiger partial charge in [-0.25, -0.2) is 0 Å². The van der Waals surface area contributed by atoms with Gasteiger partial charge in [0.15, 0.2) is 0 Å². The standard InChI is InChI=1S/C23H21BrF3NO2/c1-29-19-8-3-16(4-9-19)14-28(15-17-5-10-20(30-2)11-6-17)18-7-12-21(22(24)13-18)23(25,26)27/h3-13H,14-15H2,1-2H3. The Bertz CT molecular complexity index is 924. The van der Waals surface area contributed by atoms with Gasteiger partial charge < -0.3 is 14.4 Å². The quantitative estimate of drug-likeness (QED) is 0.376. The molecule has 0 saturated heterocycles. The maximum atomic E-state index is 13.2. The third-order valence-corrected chi connectivity index (χ3v) is 5.34. The number of alkyl halides is 3. The van der Waals surface area contributed by atoms with E-state index >= 15 is 0 Å². The number of hydrogen-bond donors (Lipinski definition) is 0. The Hall–Kier alpha value is -2.67. The molecule has 158 valence electrons. The summed E-state index contributed by atoms with van der Waals surface area (Å²) < 4.78 is 49.9. The number of hydrogen-bond acceptors (Lipinski definition) is 3. The minimum absolute atomic E-state index is 0.0157. The lowest BCUT2D eigenvalue weighted by Crippen LogP contribution is -2.22. The molecule has 3 nitrogen and oxygen atoms in total. The van der Waals surface area contributed by atoms with Crippen molar-refractivity contribution in [2.24, 2.45) is 0 Å². The summed E-state index contributed by atoms with van der Waals surface area (Å²) >= 11 is 3.08. The lowest BCUT2D eigenvalue weighted by atomic mass is 10.1. The molecule has 0 unspecified atom stereocenters. The summed E-state index contributed by atoms with van der Waals surface area (Å²) in [5, 5.41) is 0. The van der Waals surface area contributed by atoms with Gasteiger partial charge in [0.25, 0.3) is 0 Å². The number of ether oxygens (including phenoxy) is 2. The molecule has 0 N–H and O–H groups in total. The first-order valence-electron chi connectivity index (χ1n) is 9.17. The summed E-state index contributed by atoms with van der Waals surface area (Å²) in [4.78, 5) is 2.02. The molecule has 3 aromatic carbocycles. The van der Waals surface area contributed by atoms with E-state index < -0.39 is 11.7 Å². The molecule has 0 aromatic heterocycles. The van der Waals surface area contributed by atoms with Crippen molar-refractivity contribution in [2.45, 2.75) is 19.3 Å². The monoisotopic (exact) mass is 479 g/mol. The van der Waals surface area contributed by atoms with Crippen LogP contribution in [0.3, 0.4) is 0 Å². The van der Waals surface area contributed by atoms with Gasteiger partial charge in [0.1, 0.15) is 11.5 Å². The molecule has 0 aliphatic heterocycles. The highest BCUT2D eigenvalue weighted by Crippen LogP contribution is 2.37. The Balaban J connectivity index is 1.92. The molecule has 0 heterocycles. The molecule has 0 fully saturated rings. The third-order valence-electron chi connectivity index (χ3n) is 4.69. The van der Waals surface area contributed by atoms with Crippen LogP contribution in [0.5, 0.6) is 11.5 Å². The highest BCUT2D eigenvalue weighted by atomic mass is 79.9. The van der Waals surface area contributed by atoms with Crippen LogP contribution < -0.4 is 14.4 Å². The zero-order valence-corrected chi connectivity index (χ0v) is 18.1. The van der Waals surface area contributed by atoms with Crippen molar-refractivity contribution in [3.8, 4) is 11.5 Å². The van der Waals surface area contributed by atoms with Gasteiger partial charge in [-0.15, -0.1) is 0 Å². The molecule has 3 rings (SSSR count). The van der Waals surface area contributed by atoms with Gasteiger partial charge in [-0.05, 0) is 53.6 Å². The highest BCUT2D eigenvalue weighted by Gasteiger charge is 2.33. The summed E-state index contributed by atoms with van der Waals surface area (Å²) in [6.07, 6.45) is -4.41. The van der Waals surface area contributed by atoms with E-state index in [0.29, 0.717) is 18.8 Å². The van der Waals surface area contributed by atoms with Crippen LogP contribution in [-0.2, 0) is 19.3 Å². The third kappa shape index (κ3) is 5.48. The van der Waals surface area contributed by atoms with E-state index in [1.165, 1.54) is 12.1 Å². The number of benzene rings is 3. The van der Waals surface area contributed by atoms with E-state index in [4.69, 9.17) is 9.47 Å². The Kier molecular flexibility index (Phi) is 6.92. The van der Waals surface area contributed by atoms with Gasteiger partial charge in [-0.2, -0.15) is 13.2 Å². The van der Waals surface area contributed by atoms with E-state index in [1.807, 2.05) is 53.4 Å². The van der Waals surface area contributed by atoms with E-state index in [2.05, 4.69) is 15.9 Å². The van der Waals surface area contributed by atoms with Crippen LogP contribution in [0.25, 0.3) is 0 Å². The summed E-state index contributed by atoms with van der Waals surface area (Å²) in [5.74, 6) is 1.50. The maximum absolute atomic E-state index is 13.2. The minimum atomic E-state index is -4.41. The number of anilines is 1. The molecule has 0 bridgehead atoms. The molecule has 0 aliphatic rings. The first kappa shape index (κ1) is 22.0. The van der Waals surface area contributed by atoms with Gasteiger partial charge in [-0.3, -0.25) is 0 Å². The van der Waals surface area contributed by atoms with Crippen molar-refractivity contribution in [2.75, 3.05) is 19.1 Å². The Morgan fingerprint density at radius 3 is 1.60 bits per heavy atom. The fourth-order valence-electron chi connectivity index (χ4n) is 3.07. The molecule has 0 spiro atoms. The van der Waals surface area contributed by atoms with E-state index in [-0.39, 0.29) is 4.47 Å². The van der Waals surface area contributed by atoms with Gasteiger partial charge in [0.2, 0.25) is 0 Å². The van der Waals surface area contributed by atoms with Gasteiger partial charge in [0.05, 0.1) is 19.8 Å². The Morgan fingerprint density at radius 1 is 0.767 bits per heavy atom. The average Bonchev–Trinajstić information content (AvgIpc) is 2.73. The molecule has 30 heavy (non-hydrogen) atoms. The SMILES string of the molecule is COc1ccc(CN(Cc2ccc(OC)cc2)c2ccc(C(F)(F)F)c(Br)c2)cc1. The topological polar surface area (TPSA) is 21.7 Å². The van der Waals surface area contributed by atoms with E-state index in [0.717, 1.165) is 28.7 Å². The van der Waals surface area contributed by atoms with Gasteiger partial charge in [0, 0.05) is 23.2 Å². The number of nitrogens with zero attached hydrogens (tertiary/aromatic N) is 1. The smallest absolute Gasteiger partial charge is 0.417 e. The number of methoxy groups -OCH3 is 2. The summed E-state index contributed by atoms with van der Waals surface area (Å²) in [6, 6.07) is 19.3. The van der Waals surface area contributed by atoms with Crippen LogP contribution in [0.15, 0.2) is 71.2 Å². The van der Waals surface area contributed by atoms with E-state index in [9.17, 15) is 13.2 Å². The molecule has 0 aliphatic carbocycles. The normalized spacial score (nSPS) is 11.3. The van der Waals surface area contributed by atoms with Crippen LogP contribution in [0.4, 0.5) is 18.9 Å². The predicted molar refractivity (Wildman–Crippen MR) is 115 cm³/mol. The van der Waals surface area contributed by atoms with Crippen LogP contribution in [-0.4, -0.2) is 14.2 Å². The van der Waals surface area contributed by atoms with Crippen LogP contribution in [0, 0.1) is 0 Å². The lowest BCUT2D eigenvalue weighted by molar-refractivity contribution is -0.138. The molecule has 7 heteroatoms. The molecule has 0 radical (unpaired) electrons. The van der Waals surface area contributed by atoms with Crippen LogP contribution in [0.1, 0.15) is 16.7 Å². The summed E-state index contributed by atoms with van der Waals surface area (Å²) in [5.41, 5.74) is 2.02. The predicted octanol–water partition coefficient (Wildman–Crippen LogP) is 6.69. The van der Waals surface area contributed by atoms with Crippen molar-refractivity contribution in [1.29, 1.82) is 0 Å². The molecule has 0 saturated carbocycles. The zero-order valence-electron chi connectivity index (χ0n) is 16.5. The van der Waals surface area contributed by atoms with Crippen molar-refractivity contribution in [3.63, 3.8) is 0 Å². The maximum Gasteiger partial charge on any atom is 0.417 e. The number of rotatable bonds is 7. The average molecular weight is 480 g/mol. The first-order valence-corrected chi connectivity index (χ1v) is 9.97.